The number of rotatable bonds is 11. The van der Waals surface area contributed by atoms with Crippen LogP contribution >= 0.6 is 0 Å². The second kappa shape index (κ2) is 13.6. The number of benzene rings is 2. The second-order valence-corrected chi connectivity index (χ2v) is 10.7. The van der Waals surface area contributed by atoms with Crippen molar-refractivity contribution in [3.05, 3.63) is 113 Å². The number of carbonyl (C=O) groups excluding carboxylic acids is 1. The van der Waals surface area contributed by atoms with Gasteiger partial charge in [0.1, 0.15) is 6.61 Å². The lowest BCUT2D eigenvalue weighted by Gasteiger charge is -2.16. The highest BCUT2D eigenvalue weighted by Gasteiger charge is 2.28. The minimum absolute atomic E-state index is 0.245. The van der Waals surface area contributed by atoms with Gasteiger partial charge in [0.25, 0.3) is 0 Å². The standard InChI is InChI=1S/C32H34BF2N7O2/c1-4-7-22(3)27-19-41(40-39-27)30-16-14-26(38-30)32(23-10-12-25(13-11-23)37-31(44)20-43)28-15-17-29(42(28)33(34)35)36-18-24-9-6-5-8-21(24)2/h5-6,8-17,19,22,36,43H,4,7,18,20H2,1-3H3,(H,37,44)/b32-26-. The van der Waals surface area contributed by atoms with Crippen LogP contribution in [-0.4, -0.2) is 50.3 Å². The van der Waals surface area contributed by atoms with Gasteiger partial charge in [-0.3, -0.25) is 13.4 Å². The van der Waals surface area contributed by atoms with Gasteiger partial charge in [0, 0.05) is 29.4 Å². The lowest BCUT2D eigenvalue weighted by molar-refractivity contribution is -0.118. The molecular weight excluding hydrogens is 563 g/mol. The molecule has 0 radical (unpaired) electrons. The van der Waals surface area contributed by atoms with Crippen molar-refractivity contribution in [2.24, 2.45) is 4.99 Å². The molecule has 0 bridgehead atoms. The number of aliphatic hydroxyl groups is 1. The van der Waals surface area contributed by atoms with Crippen molar-refractivity contribution in [2.45, 2.75) is 46.1 Å². The van der Waals surface area contributed by atoms with E-state index < -0.39 is 19.9 Å². The number of amides is 1. The molecular formula is C32H34BF2N7O2. The molecule has 3 heterocycles. The van der Waals surface area contributed by atoms with Gasteiger partial charge < -0.3 is 20.2 Å². The van der Waals surface area contributed by atoms with Crippen LogP contribution < -0.4 is 10.6 Å². The van der Waals surface area contributed by atoms with E-state index in [0.29, 0.717) is 34.9 Å². The Labute approximate surface area is 255 Å². The Bertz CT molecular complexity index is 1720. The maximum atomic E-state index is 14.8. The average Bonchev–Trinajstić information content (AvgIpc) is 3.78. The van der Waals surface area contributed by atoms with E-state index in [0.717, 1.165) is 34.1 Å². The molecule has 0 saturated heterocycles. The molecule has 1 amide bonds. The van der Waals surface area contributed by atoms with Crippen molar-refractivity contribution in [3.8, 4) is 0 Å². The molecule has 5 rings (SSSR count). The van der Waals surface area contributed by atoms with E-state index >= 15 is 0 Å². The molecule has 226 valence electrons. The van der Waals surface area contributed by atoms with Crippen LogP contribution in [0.25, 0.3) is 5.57 Å². The van der Waals surface area contributed by atoms with Gasteiger partial charge in [0.15, 0.2) is 5.84 Å². The molecule has 0 fully saturated rings. The zero-order valence-electron chi connectivity index (χ0n) is 24.8. The van der Waals surface area contributed by atoms with Crippen LogP contribution in [0.4, 0.5) is 20.1 Å². The summed E-state index contributed by atoms with van der Waals surface area (Å²) in [4.78, 5) is 16.5. The highest BCUT2D eigenvalue weighted by Crippen LogP contribution is 2.34. The first-order chi connectivity index (χ1) is 21.3. The van der Waals surface area contributed by atoms with E-state index in [1.165, 1.54) is 0 Å². The molecule has 4 aromatic rings. The normalized spacial score (nSPS) is 14.4. The Kier molecular flexibility index (Phi) is 9.49. The zero-order valence-corrected chi connectivity index (χ0v) is 24.8. The predicted molar refractivity (Wildman–Crippen MR) is 170 cm³/mol. The van der Waals surface area contributed by atoms with Crippen LogP contribution in [0.2, 0.25) is 0 Å². The molecule has 0 aliphatic carbocycles. The van der Waals surface area contributed by atoms with E-state index in [-0.39, 0.29) is 17.4 Å². The third-order valence-corrected chi connectivity index (χ3v) is 7.55. The molecule has 0 spiro atoms. The van der Waals surface area contributed by atoms with Gasteiger partial charge in [-0.05, 0) is 66.5 Å². The highest BCUT2D eigenvalue weighted by molar-refractivity contribution is 6.42. The van der Waals surface area contributed by atoms with Crippen LogP contribution in [0.15, 0.2) is 89.7 Å². The summed E-state index contributed by atoms with van der Waals surface area (Å²) in [5.41, 5.74) is 5.20. The van der Waals surface area contributed by atoms with Crippen LogP contribution in [0.1, 0.15) is 60.7 Å². The first kappa shape index (κ1) is 30.6. The lowest BCUT2D eigenvalue weighted by Crippen LogP contribution is -2.19. The van der Waals surface area contributed by atoms with Crippen LogP contribution in [-0.2, 0) is 11.3 Å². The summed E-state index contributed by atoms with van der Waals surface area (Å²) in [6.45, 7) is 5.93. The van der Waals surface area contributed by atoms with Crippen molar-refractivity contribution in [2.75, 3.05) is 17.2 Å². The van der Waals surface area contributed by atoms with Gasteiger partial charge >= 0.3 is 7.40 Å². The number of anilines is 2. The number of aromatic nitrogens is 4. The minimum atomic E-state index is -2.84. The van der Waals surface area contributed by atoms with E-state index in [4.69, 9.17) is 10.1 Å². The summed E-state index contributed by atoms with van der Waals surface area (Å²) < 4.78 is 32.1. The number of aryl methyl sites for hydroxylation is 1. The van der Waals surface area contributed by atoms with Gasteiger partial charge in [0.05, 0.1) is 23.4 Å². The Morgan fingerprint density at radius 1 is 1.07 bits per heavy atom. The monoisotopic (exact) mass is 597 g/mol. The molecule has 1 atom stereocenters. The average molecular weight is 597 g/mol. The zero-order chi connectivity index (χ0) is 31.2. The van der Waals surface area contributed by atoms with Gasteiger partial charge in [-0.15, -0.1) is 5.10 Å². The van der Waals surface area contributed by atoms with Crippen molar-refractivity contribution in [3.63, 3.8) is 0 Å². The third kappa shape index (κ3) is 6.70. The Morgan fingerprint density at radius 3 is 2.55 bits per heavy atom. The number of hydrogen-bond donors (Lipinski definition) is 3. The first-order valence-corrected chi connectivity index (χ1v) is 14.5. The van der Waals surface area contributed by atoms with Crippen molar-refractivity contribution < 1.29 is 18.5 Å². The smallest absolute Gasteiger partial charge is 0.387 e. The molecule has 44 heavy (non-hydrogen) atoms. The van der Waals surface area contributed by atoms with E-state index in [1.54, 1.807) is 53.2 Å². The fourth-order valence-corrected chi connectivity index (χ4v) is 5.16. The molecule has 1 aliphatic heterocycles. The number of nitrogens with zero attached hydrogens (tertiary/aromatic N) is 5. The van der Waals surface area contributed by atoms with E-state index in [9.17, 15) is 13.4 Å². The van der Waals surface area contributed by atoms with Gasteiger partial charge in [-0.25, -0.2) is 9.67 Å². The number of aliphatic hydroxyl groups excluding tert-OH is 1. The molecule has 0 saturated carbocycles. The minimum Gasteiger partial charge on any atom is -0.387 e. The maximum absolute atomic E-state index is 14.8. The topological polar surface area (TPSA) is 109 Å². The van der Waals surface area contributed by atoms with Crippen molar-refractivity contribution in [1.82, 2.24) is 19.5 Å². The molecule has 12 heteroatoms. The number of aliphatic imine (C=N–C) groups is 1. The summed E-state index contributed by atoms with van der Waals surface area (Å²) >= 11 is 0. The number of halogens is 2. The predicted octanol–water partition coefficient (Wildman–Crippen LogP) is 5.88. The second-order valence-electron chi connectivity index (χ2n) is 10.7. The number of nitrogens with one attached hydrogen (secondary N) is 2. The third-order valence-electron chi connectivity index (χ3n) is 7.55. The Morgan fingerprint density at radius 2 is 1.84 bits per heavy atom. The van der Waals surface area contributed by atoms with Crippen LogP contribution in [0, 0.1) is 6.92 Å². The summed E-state index contributed by atoms with van der Waals surface area (Å²) in [7, 11) is -2.84. The van der Waals surface area contributed by atoms with Crippen molar-refractivity contribution >= 4 is 36.2 Å². The summed E-state index contributed by atoms with van der Waals surface area (Å²) in [6, 6.07) is 17.8. The number of hydrogen-bond acceptors (Lipinski definition) is 6. The van der Waals surface area contributed by atoms with E-state index in [1.807, 2.05) is 37.4 Å². The van der Waals surface area contributed by atoms with Gasteiger partial charge in [-0.2, -0.15) is 0 Å². The molecule has 9 nitrogen and oxygen atoms in total. The summed E-state index contributed by atoms with van der Waals surface area (Å²) in [6.07, 6.45) is 7.41. The van der Waals surface area contributed by atoms with Gasteiger partial charge in [-0.1, -0.05) is 61.9 Å². The summed E-state index contributed by atoms with van der Waals surface area (Å²) in [5, 5.41) is 23.4. The SMILES string of the molecule is CCCC(C)c1cn(C2=N/C(=C(/c3ccc(NC(=O)CO)cc3)c3ccc(NCc4ccccc4C)n3B(F)F)C=C2)nn1. The van der Waals surface area contributed by atoms with E-state index in [2.05, 4.69) is 34.8 Å². The van der Waals surface area contributed by atoms with Gasteiger partial charge in [0.2, 0.25) is 5.91 Å². The number of carbonyl (C=O) groups is 1. The molecule has 1 unspecified atom stereocenters. The number of allylic oxidation sites excluding steroid dienone is 2. The molecule has 2 aromatic carbocycles. The Balaban J connectivity index is 1.57. The molecule has 1 aliphatic rings. The largest absolute Gasteiger partial charge is 0.679 e. The van der Waals surface area contributed by atoms with Crippen molar-refractivity contribution in [1.29, 1.82) is 0 Å². The van der Waals surface area contributed by atoms with Crippen LogP contribution in [0.5, 0.6) is 0 Å². The first-order valence-electron chi connectivity index (χ1n) is 14.5. The maximum Gasteiger partial charge on any atom is 0.679 e. The highest BCUT2D eigenvalue weighted by atomic mass is 19.2. The van der Waals surface area contributed by atoms with Crippen LogP contribution in [0.3, 0.4) is 0 Å². The quantitative estimate of drug-likeness (QED) is 0.187. The molecule has 3 N–H and O–H groups in total. The molecule has 2 aromatic heterocycles. The fraction of sp³-hybridized carbons (Fsp3) is 0.250. The Hall–Kier alpha value is -4.84. The summed E-state index contributed by atoms with van der Waals surface area (Å²) in [5.74, 6) is 0.468. The fourth-order valence-electron chi connectivity index (χ4n) is 5.16. The lowest BCUT2D eigenvalue weighted by atomic mass is 9.98.